The number of rotatable bonds is 4. The maximum absolute atomic E-state index is 11.2. The number of aromatic nitrogens is 1. The Kier molecular flexibility index (Phi) is 3.80. The molecule has 0 aliphatic carbocycles. The summed E-state index contributed by atoms with van der Waals surface area (Å²) in [5, 5.41) is 1.07. The third-order valence-electron chi connectivity index (χ3n) is 3.54. The van der Waals surface area contributed by atoms with Crippen molar-refractivity contribution in [2.24, 2.45) is 0 Å². The third kappa shape index (κ3) is 2.59. The van der Waals surface area contributed by atoms with E-state index in [4.69, 9.17) is 4.74 Å². The van der Waals surface area contributed by atoms with Crippen LogP contribution >= 0.6 is 15.9 Å². The minimum absolute atomic E-state index is 0.673. The van der Waals surface area contributed by atoms with Gasteiger partial charge in [-0.25, -0.2) is 0 Å². The Morgan fingerprint density at radius 3 is 2.86 bits per heavy atom. The van der Waals surface area contributed by atoms with Gasteiger partial charge in [-0.1, -0.05) is 28.1 Å². The largest absolute Gasteiger partial charge is 0.497 e. The van der Waals surface area contributed by atoms with Gasteiger partial charge < -0.3 is 9.30 Å². The summed E-state index contributed by atoms with van der Waals surface area (Å²) in [5.74, 6) is 0.820. The van der Waals surface area contributed by atoms with Gasteiger partial charge in [0.05, 0.1) is 12.6 Å². The highest BCUT2D eigenvalue weighted by molar-refractivity contribution is 9.10. The fourth-order valence-electron chi connectivity index (χ4n) is 2.50. The van der Waals surface area contributed by atoms with Crippen molar-refractivity contribution in [3.05, 3.63) is 64.3 Å². The Hall–Kier alpha value is -2.07. The van der Waals surface area contributed by atoms with Crippen LogP contribution in [0.25, 0.3) is 10.9 Å². The Labute approximate surface area is 131 Å². The minimum atomic E-state index is 0.673. The number of carbonyl (C=O) groups excluding carboxylic acids is 1. The number of halogens is 1. The number of methoxy groups -OCH3 is 1. The van der Waals surface area contributed by atoms with E-state index in [-0.39, 0.29) is 0 Å². The molecule has 0 aliphatic heterocycles. The summed E-state index contributed by atoms with van der Waals surface area (Å²) in [7, 11) is 1.66. The van der Waals surface area contributed by atoms with Crippen LogP contribution in [0.5, 0.6) is 5.75 Å². The number of nitrogens with zero attached hydrogens (tertiary/aromatic N) is 1. The molecular weight excluding hydrogens is 330 g/mol. The second kappa shape index (κ2) is 5.74. The smallest absolute Gasteiger partial charge is 0.152 e. The summed E-state index contributed by atoms with van der Waals surface area (Å²) in [4.78, 5) is 11.2. The van der Waals surface area contributed by atoms with Gasteiger partial charge in [-0.15, -0.1) is 0 Å². The van der Waals surface area contributed by atoms with E-state index in [2.05, 4.69) is 20.5 Å². The molecule has 0 atom stereocenters. The zero-order valence-electron chi connectivity index (χ0n) is 11.5. The van der Waals surface area contributed by atoms with Crippen LogP contribution in [0, 0.1) is 0 Å². The fraction of sp³-hybridized carbons (Fsp3) is 0.118. The standard InChI is InChI=1S/C17H14BrNO2/c1-21-15-5-6-16(18)14(9-15)10-19-8-7-12-3-2-4-13(11-20)17(12)19/h2-9,11H,10H2,1H3. The summed E-state index contributed by atoms with van der Waals surface area (Å²) in [6.45, 7) is 0.673. The van der Waals surface area contributed by atoms with E-state index in [0.29, 0.717) is 12.1 Å². The molecule has 0 unspecified atom stereocenters. The summed E-state index contributed by atoms with van der Waals surface area (Å²) >= 11 is 3.57. The first-order chi connectivity index (χ1) is 10.2. The van der Waals surface area contributed by atoms with Crippen molar-refractivity contribution in [2.75, 3.05) is 7.11 Å². The maximum Gasteiger partial charge on any atom is 0.152 e. The second-order valence-corrected chi connectivity index (χ2v) is 5.66. The van der Waals surface area contributed by atoms with Gasteiger partial charge in [0.15, 0.2) is 6.29 Å². The van der Waals surface area contributed by atoms with Gasteiger partial charge in [0, 0.05) is 28.2 Å². The summed E-state index contributed by atoms with van der Waals surface area (Å²) in [6, 6.07) is 13.7. The molecule has 21 heavy (non-hydrogen) atoms. The first kappa shape index (κ1) is 13.9. The SMILES string of the molecule is COc1ccc(Br)c(Cn2ccc3cccc(C=O)c32)c1. The lowest BCUT2D eigenvalue weighted by Crippen LogP contribution is -2.01. The molecule has 0 amide bonds. The van der Waals surface area contributed by atoms with Gasteiger partial charge in [-0.3, -0.25) is 4.79 Å². The molecule has 106 valence electrons. The average molecular weight is 344 g/mol. The molecule has 0 aliphatic rings. The molecule has 0 saturated carbocycles. The first-order valence-electron chi connectivity index (χ1n) is 6.58. The van der Waals surface area contributed by atoms with Crippen molar-refractivity contribution in [3.8, 4) is 5.75 Å². The molecule has 1 aromatic heterocycles. The van der Waals surface area contributed by atoms with E-state index >= 15 is 0 Å². The number of para-hydroxylation sites is 1. The average Bonchev–Trinajstić information content (AvgIpc) is 2.92. The van der Waals surface area contributed by atoms with E-state index in [0.717, 1.165) is 33.0 Å². The van der Waals surface area contributed by atoms with Crippen molar-refractivity contribution in [3.63, 3.8) is 0 Å². The van der Waals surface area contributed by atoms with E-state index in [1.165, 1.54) is 0 Å². The zero-order chi connectivity index (χ0) is 14.8. The summed E-state index contributed by atoms with van der Waals surface area (Å²) in [6.07, 6.45) is 2.91. The molecule has 0 bridgehead atoms. The molecule has 0 saturated heterocycles. The topological polar surface area (TPSA) is 31.2 Å². The van der Waals surface area contributed by atoms with Gasteiger partial charge in [0.25, 0.3) is 0 Å². The Morgan fingerprint density at radius 2 is 2.10 bits per heavy atom. The lowest BCUT2D eigenvalue weighted by molar-refractivity contribution is 0.112. The Bertz CT molecular complexity index is 808. The highest BCUT2D eigenvalue weighted by atomic mass is 79.9. The highest BCUT2D eigenvalue weighted by Gasteiger charge is 2.09. The normalized spacial score (nSPS) is 10.8. The number of ether oxygens (including phenoxy) is 1. The quantitative estimate of drug-likeness (QED) is 0.662. The number of hydrogen-bond acceptors (Lipinski definition) is 2. The van der Waals surface area contributed by atoms with Crippen LogP contribution in [0.15, 0.2) is 53.1 Å². The Morgan fingerprint density at radius 1 is 1.24 bits per heavy atom. The van der Waals surface area contributed by atoms with Gasteiger partial charge in [-0.2, -0.15) is 0 Å². The molecule has 4 heteroatoms. The van der Waals surface area contributed by atoms with E-state index in [1.54, 1.807) is 7.11 Å². The van der Waals surface area contributed by atoms with Crippen LogP contribution < -0.4 is 4.74 Å². The van der Waals surface area contributed by atoms with Crippen molar-refractivity contribution >= 4 is 33.1 Å². The monoisotopic (exact) mass is 343 g/mol. The van der Waals surface area contributed by atoms with E-state index in [1.807, 2.05) is 48.7 Å². The number of hydrogen-bond donors (Lipinski definition) is 0. The van der Waals surface area contributed by atoms with Crippen molar-refractivity contribution in [1.29, 1.82) is 0 Å². The van der Waals surface area contributed by atoms with E-state index < -0.39 is 0 Å². The van der Waals surface area contributed by atoms with Crippen LogP contribution in [0.1, 0.15) is 15.9 Å². The van der Waals surface area contributed by atoms with Gasteiger partial charge >= 0.3 is 0 Å². The molecule has 3 aromatic rings. The lowest BCUT2D eigenvalue weighted by atomic mass is 10.1. The Balaban J connectivity index is 2.08. The lowest BCUT2D eigenvalue weighted by Gasteiger charge is -2.10. The number of fused-ring (bicyclic) bond motifs is 1. The minimum Gasteiger partial charge on any atom is -0.497 e. The van der Waals surface area contributed by atoms with Crippen molar-refractivity contribution < 1.29 is 9.53 Å². The molecule has 3 rings (SSSR count). The van der Waals surface area contributed by atoms with Crippen LogP contribution in [0.4, 0.5) is 0 Å². The number of carbonyl (C=O) groups is 1. The van der Waals surface area contributed by atoms with Gasteiger partial charge in [0.2, 0.25) is 0 Å². The summed E-state index contributed by atoms with van der Waals surface area (Å²) in [5.41, 5.74) is 2.77. The number of aldehydes is 1. The molecule has 0 radical (unpaired) electrons. The van der Waals surface area contributed by atoms with Crippen molar-refractivity contribution in [2.45, 2.75) is 6.54 Å². The van der Waals surface area contributed by atoms with Crippen LogP contribution in [-0.4, -0.2) is 18.0 Å². The van der Waals surface area contributed by atoms with Crippen LogP contribution in [0.2, 0.25) is 0 Å². The predicted octanol–water partition coefficient (Wildman–Crippen LogP) is 4.27. The molecule has 1 heterocycles. The molecule has 2 aromatic carbocycles. The molecule has 0 spiro atoms. The predicted molar refractivity (Wildman–Crippen MR) is 87.1 cm³/mol. The van der Waals surface area contributed by atoms with Gasteiger partial charge in [-0.05, 0) is 35.9 Å². The number of benzene rings is 2. The first-order valence-corrected chi connectivity index (χ1v) is 7.37. The van der Waals surface area contributed by atoms with Gasteiger partial charge in [0.1, 0.15) is 5.75 Å². The highest BCUT2D eigenvalue weighted by Crippen LogP contribution is 2.26. The second-order valence-electron chi connectivity index (χ2n) is 4.80. The van der Waals surface area contributed by atoms with Crippen molar-refractivity contribution in [1.82, 2.24) is 4.57 Å². The maximum atomic E-state index is 11.2. The molecule has 3 nitrogen and oxygen atoms in total. The van der Waals surface area contributed by atoms with E-state index in [9.17, 15) is 4.79 Å². The fourth-order valence-corrected chi connectivity index (χ4v) is 2.87. The molecule has 0 N–H and O–H groups in total. The third-order valence-corrected chi connectivity index (χ3v) is 4.31. The van der Waals surface area contributed by atoms with Crippen LogP contribution in [0.3, 0.4) is 0 Å². The van der Waals surface area contributed by atoms with Crippen LogP contribution in [-0.2, 0) is 6.54 Å². The zero-order valence-corrected chi connectivity index (χ0v) is 13.1. The molecular formula is C17H14BrNO2. The summed E-state index contributed by atoms with van der Waals surface area (Å²) < 4.78 is 8.38. The molecule has 0 fully saturated rings.